The first-order valence-electron chi connectivity index (χ1n) is 7.78. The van der Waals surface area contributed by atoms with E-state index in [0.29, 0.717) is 0 Å². The highest BCUT2D eigenvalue weighted by atomic mass is 35.5. The fourth-order valence-electron chi connectivity index (χ4n) is 2.77. The molecule has 25 heavy (non-hydrogen) atoms. The molecule has 2 aromatic rings. The number of carbonyl (C=O) groups excluding carboxylic acids is 1. The second-order valence-corrected chi connectivity index (χ2v) is 6.12. The number of rotatable bonds is 5. The van der Waals surface area contributed by atoms with Crippen molar-refractivity contribution in [2.75, 3.05) is 6.54 Å². The predicted molar refractivity (Wildman–Crippen MR) is 91.0 cm³/mol. The smallest absolute Gasteiger partial charge is 0.270 e. The molecule has 0 atom stereocenters. The van der Waals surface area contributed by atoms with Crippen LogP contribution in [0.1, 0.15) is 28.0 Å². The first kappa shape index (κ1) is 17.1. The summed E-state index contributed by atoms with van der Waals surface area (Å²) in [7, 11) is 0. The molecule has 1 amide bonds. The van der Waals surface area contributed by atoms with Crippen LogP contribution in [0.3, 0.4) is 0 Å². The number of nitro benzene ring substituents is 1. The summed E-state index contributed by atoms with van der Waals surface area (Å²) in [6, 6.07) is 5.25. The molecule has 1 aromatic carbocycles. The van der Waals surface area contributed by atoms with Gasteiger partial charge in [-0.1, -0.05) is 11.6 Å². The van der Waals surface area contributed by atoms with Crippen LogP contribution in [0.5, 0.6) is 0 Å². The quantitative estimate of drug-likeness (QED) is 0.643. The highest BCUT2D eigenvalue weighted by molar-refractivity contribution is 6.34. The van der Waals surface area contributed by atoms with Gasteiger partial charge in [0, 0.05) is 24.7 Å². The van der Waals surface area contributed by atoms with Gasteiger partial charge in [0.1, 0.15) is 0 Å². The lowest BCUT2D eigenvalue weighted by Crippen LogP contribution is -2.32. The van der Waals surface area contributed by atoms with Crippen molar-refractivity contribution in [3.8, 4) is 0 Å². The Labute approximate surface area is 147 Å². The lowest BCUT2D eigenvalue weighted by molar-refractivity contribution is -0.384. The van der Waals surface area contributed by atoms with Crippen LogP contribution < -0.4 is 10.9 Å². The van der Waals surface area contributed by atoms with Crippen molar-refractivity contribution in [2.24, 2.45) is 0 Å². The summed E-state index contributed by atoms with van der Waals surface area (Å²) in [6.45, 7) is 0.431. The van der Waals surface area contributed by atoms with Gasteiger partial charge in [-0.2, -0.15) is 5.10 Å². The van der Waals surface area contributed by atoms with E-state index in [0.717, 1.165) is 36.6 Å². The summed E-state index contributed by atoms with van der Waals surface area (Å²) < 4.78 is 1.34. The van der Waals surface area contributed by atoms with Crippen molar-refractivity contribution < 1.29 is 9.72 Å². The van der Waals surface area contributed by atoms with Crippen LogP contribution in [-0.4, -0.2) is 27.2 Å². The number of carbonyl (C=O) groups is 1. The van der Waals surface area contributed by atoms with Crippen LogP contribution in [-0.2, 0) is 19.4 Å². The predicted octanol–water partition coefficient (Wildman–Crippen LogP) is 1.72. The normalized spacial score (nSPS) is 12.7. The monoisotopic (exact) mass is 362 g/mol. The van der Waals surface area contributed by atoms with Gasteiger partial charge in [-0.3, -0.25) is 19.7 Å². The molecule has 0 saturated carbocycles. The first-order valence-corrected chi connectivity index (χ1v) is 8.15. The van der Waals surface area contributed by atoms with E-state index >= 15 is 0 Å². The van der Waals surface area contributed by atoms with Gasteiger partial charge in [0.2, 0.25) is 0 Å². The Morgan fingerprint density at radius 2 is 2.16 bits per heavy atom. The number of amides is 1. The molecule has 1 heterocycles. The highest BCUT2D eigenvalue weighted by Crippen LogP contribution is 2.22. The number of fused-ring (bicyclic) bond motifs is 1. The lowest BCUT2D eigenvalue weighted by atomic mass is 10.2. The summed E-state index contributed by atoms with van der Waals surface area (Å²) in [5.74, 6) is -0.464. The van der Waals surface area contributed by atoms with E-state index in [9.17, 15) is 19.7 Å². The number of non-ortho nitro benzene ring substituents is 1. The third-order valence-corrected chi connectivity index (χ3v) is 4.35. The number of nitro groups is 1. The van der Waals surface area contributed by atoms with Crippen LogP contribution in [0, 0.1) is 10.1 Å². The Bertz CT molecular complexity index is 909. The Morgan fingerprint density at radius 3 is 2.88 bits per heavy atom. The molecule has 0 radical (unpaired) electrons. The molecule has 0 spiro atoms. The molecule has 8 nitrogen and oxygen atoms in total. The Balaban J connectivity index is 1.64. The van der Waals surface area contributed by atoms with E-state index in [1.165, 1.54) is 16.8 Å². The Morgan fingerprint density at radius 1 is 1.36 bits per heavy atom. The minimum atomic E-state index is -0.584. The number of nitrogens with zero attached hydrogens (tertiary/aromatic N) is 3. The van der Waals surface area contributed by atoms with Gasteiger partial charge < -0.3 is 5.32 Å². The molecule has 0 bridgehead atoms. The van der Waals surface area contributed by atoms with E-state index < -0.39 is 10.8 Å². The zero-order chi connectivity index (χ0) is 18.0. The first-order chi connectivity index (χ1) is 12.0. The second kappa shape index (κ2) is 7.02. The van der Waals surface area contributed by atoms with Gasteiger partial charge in [0.25, 0.3) is 17.2 Å². The van der Waals surface area contributed by atoms with Gasteiger partial charge in [0.05, 0.1) is 27.7 Å². The van der Waals surface area contributed by atoms with E-state index in [1.807, 2.05) is 0 Å². The average Bonchev–Trinajstić information content (AvgIpc) is 3.01. The van der Waals surface area contributed by atoms with Crippen LogP contribution in [0.4, 0.5) is 5.69 Å². The van der Waals surface area contributed by atoms with Crippen molar-refractivity contribution in [3.63, 3.8) is 0 Å². The van der Waals surface area contributed by atoms with Crippen molar-refractivity contribution in [3.05, 3.63) is 66.6 Å². The molecular formula is C16H15ClN4O4. The zero-order valence-electron chi connectivity index (χ0n) is 13.2. The molecule has 0 saturated heterocycles. The molecule has 0 aliphatic heterocycles. The Kier molecular flexibility index (Phi) is 4.80. The number of hydrogen-bond acceptors (Lipinski definition) is 5. The molecule has 130 valence electrons. The molecule has 1 N–H and O–H groups in total. The van der Waals surface area contributed by atoms with Crippen LogP contribution in [0.2, 0.25) is 5.02 Å². The van der Waals surface area contributed by atoms with E-state index in [4.69, 9.17) is 11.6 Å². The molecule has 3 rings (SSSR count). The SMILES string of the molecule is O=C(NCCn1nc2c(cc1=O)CCC2)c1ccc([N+](=O)[O-])cc1Cl. The third-order valence-electron chi connectivity index (χ3n) is 4.04. The van der Waals surface area contributed by atoms with Gasteiger partial charge in [-0.25, -0.2) is 4.68 Å². The maximum atomic E-state index is 12.1. The van der Waals surface area contributed by atoms with Gasteiger partial charge in [-0.15, -0.1) is 0 Å². The minimum absolute atomic E-state index is 0.000442. The standard InChI is InChI=1S/C16H15ClN4O4/c17-13-9-11(21(24)25)4-5-12(13)16(23)18-6-7-20-15(22)8-10-2-1-3-14(10)19-20/h4-5,8-9H,1-3,6-7H2,(H,18,23). The number of benzene rings is 1. The maximum absolute atomic E-state index is 12.1. The van der Waals surface area contributed by atoms with Crippen LogP contribution in [0.25, 0.3) is 0 Å². The largest absolute Gasteiger partial charge is 0.350 e. The van der Waals surface area contributed by atoms with Crippen molar-refractivity contribution in [1.29, 1.82) is 0 Å². The number of nitrogens with one attached hydrogen (secondary N) is 1. The molecule has 0 unspecified atom stereocenters. The topological polar surface area (TPSA) is 107 Å². The van der Waals surface area contributed by atoms with Gasteiger partial charge in [0.15, 0.2) is 0 Å². The number of hydrogen-bond donors (Lipinski definition) is 1. The van der Waals surface area contributed by atoms with Crippen molar-refractivity contribution >= 4 is 23.2 Å². The van der Waals surface area contributed by atoms with Crippen molar-refractivity contribution in [2.45, 2.75) is 25.8 Å². The maximum Gasteiger partial charge on any atom is 0.270 e. The third kappa shape index (κ3) is 3.69. The summed E-state index contributed by atoms with van der Waals surface area (Å²) in [5, 5.41) is 17.6. The molecule has 0 fully saturated rings. The fourth-order valence-corrected chi connectivity index (χ4v) is 3.03. The summed E-state index contributed by atoms with van der Waals surface area (Å²) in [4.78, 5) is 34.2. The number of aryl methyl sites for hydroxylation is 2. The van der Waals surface area contributed by atoms with Gasteiger partial charge >= 0.3 is 0 Å². The average molecular weight is 363 g/mol. The highest BCUT2D eigenvalue weighted by Gasteiger charge is 2.16. The summed E-state index contributed by atoms with van der Waals surface area (Å²) >= 11 is 5.92. The molecule has 1 aromatic heterocycles. The summed E-state index contributed by atoms with van der Waals surface area (Å²) in [6.07, 6.45) is 2.75. The molecule has 1 aliphatic carbocycles. The number of halogens is 1. The van der Waals surface area contributed by atoms with Crippen LogP contribution >= 0.6 is 11.6 Å². The van der Waals surface area contributed by atoms with Crippen molar-refractivity contribution in [1.82, 2.24) is 15.1 Å². The van der Waals surface area contributed by atoms with Gasteiger partial charge in [-0.05, 0) is 30.9 Å². The van der Waals surface area contributed by atoms with E-state index in [2.05, 4.69) is 10.4 Å². The second-order valence-electron chi connectivity index (χ2n) is 5.71. The zero-order valence-corrected chi connectivity index (χ0v) is 14.0. The number of aromatic nitrogens is 2. The van der Waals surface area contributed by atoms with E-state index in [-0.39, 0.29) is 34.9 Å². The minimum Gasteiger partial charge on any atom is -0.350 e. The van der Waals surface area contributed by atoms with Crippen LogP contribution in [0.15, 0.2) is 29.1 Å². The Hall–Kier alpha value is -2.74. The molecule has 9 heteroatoms. The molecular weight excluding hydrogens is 348 g/mol. The summed E-state index contributed by atoms with van der Waals surface area (Å²) in [5.41, 5.74) is 1.70. The fraction of sp³-hybridized carbons (Fsp3) is 0.312. The van der Waals surface area contributed by atoms with E-state index in [1.54, 1.807) is 6.07 Å². The molecule has 1 aliphatic rings. The lowest BCUT2D eigenvalue weighted by Gasteiger charge is -2.09.